The van der Waals surface area contributed by atoms with E-state index >= 15 is 0 Å². The summed E-state index contributed by atoms with van der Waals surface area (Å²) in [6, 6.07) is 10.3. The first-order valence-corrected chi connectivity index (χ1v) is 10.3. The van der Waals surface area contributed by atoms with Crippen molar-refractivity contribution >= 4 is 5.78 Å². The number of ketones is 1. The third kappa shape index (κ3) is 4.51. The van der Waals surface area contributed by atoms with Gasteiger partial charge >= 0.3 is 0 Å². The molecule has 1 aliphatic carbocycles. The van der Waals surface area contributed by atoms with E-state index in [1.165, 1.54) is 0 Å². The van der Waals surface area contributed by atoms with Crippen LogP contribution in [0.2, 0.25) is 0 Å². The highest BCUT2D eigenvalue weighted by molar-refractivity contribution is 5.99. The van der Waals surface area contributed by atoms with Gasteiger partial charge in [0, 0.05) is 6.42 Å². The molecule has 27 heavy (non-hydrogen) atoms. The Hall–Kier alpha value is -1.90. The zero-order valence-corrected chi connectivity index (χ0v) is 17.7. The van der Waals surface area contributed by atoms with Gasteiger partial charge in [0.2, 0.25) is 0 Å². The van der Waals surface area contributed by atoms with E-state index in [1.54, 1.807) is 0 Å². The van der Waals surface area contributed by atoms with Crippen LogP contribution in [0, 0.1) is 23.2 Å². The second-order valence-corrected chi connectivity index (χ2v) is 9.93. The first-order chi connectivity index (χ1) is 12.7. The molecule has 1 aliphatic rings. The summed E-state index contributed by atoms with van der Waals surface area (Å²) in [5, 5.41) is 4.97. The van der Waals surface area contributed by atoms with Crippen molar-refractivity contribution in [2.24, 2.45) is 23.2 Å². The predicted octanol–water partition coefficient (Wildman–Crippen LogP) is 5.89. The molecule has 2 unspecified atom stereocenters. The molecule has 0 bridgehead atoms. The fraction of sp³-hybridized carbons (Fsp3) is 0.583. The van der Waals surface area contributed by atoms with Gasteiger partial charge in [0.25, 0.3) is 0 Å². The molecule has 0 N–H and O–H groups in total. The molecule has 146 valence electrons. The van der Waals surface area contributed by atoms with Crippen LogP contribution in [0.5, 0.6) is 0 Å². The standard InChI is InChI=1S/C24H34N2O/c1-16(2)18-13-21-23(22(27)14-18)20(12-17(3)15-24(4,5)6)25-26(21)19-10-8-7-9-11-19/h7-11,16-18H,12-15H2,1-6H3. The second-order valence-electron chi connectivity index (χ2n) is 9.93. The highest BCUT2D eigenvalue weighted by Crippen LogP contribution is 2.35. The first kappa shape index (κ1) is 19.9. The van der Waals surface area contributed by atoms with Gasteiger partial charge in [0.05, 0.1) is 22.6 Å². The molecule has 3 rings (SSSR count). The van der Waals surface area contributed by atoms with Gasteiger partial charge in [-0.2, -0.15) is 5.10 Å². The summed E-state index contributed by atoms with van der Waals surface area (Å²) in [5.41, 5.74) is 4.37. The van der Waals surface area contributed by atoms with Gasteiger partial charge < -0.3 is 0 Å². The van der Waals surface area contributed by atoms with E-state index in [0.29, 0.717) is 24.2 Å². The lowest BCUT2D eigenvalue weighted by Gasteiger charge is -2.26. The molecule has 0 amide bonds. The Kier molecular flexibility index (Phi) is 5.60. The minimum Gasteiger partial charge on any atom is -0.294 e. The zero-order valence-electron chi connectivity index (χ0n) is 17.7. The monoisotopic (exact) mass is 366 g/mol. The van der Waals surface area contributed by atoms with Crippen molar-refractivity contribution in [2.45, 2.75) is 67.2 Å². The Bertz CT molecular complexity index is 796. The molecule has 0 radical (unpaired) electrons. The molecule has 1 aromatic heterocycles. The van der Waals surface area contributed by atoms with Crippen LogP contribution in [0.15, 0.2) is 30.3 Å². The molecule has 0 saturated heterocycles. The average Bonchev–Trinajstić information content (AvgIpc) is 2.92. The molecule has 1 aromatic carbocycles. The fourth-order valence-corrected chi connectivity index (χ4v) is 4.52. The molecule has 2 aromatic rings. The Morgan fingerprint density at radius 3 is 2.37 bits per heavy atom. The Morgan fingerprint density at radius 2 is 1.78 bits per heavy atom. The Balaban J connectivity index is 2.02. The van der Waals surface area contributed by atoms with E-state index < -0.39 is 0 Å². The van der Waals surface area contributed by atoms with Crippen molar-refractivity contribution < 1.29 is 4.79 Å². The van der Waals surface area contributed by atoms with E-state index in [0.717, 1.165) is 41.9 Å². The maximum Gasteiger partial charge on any atom is 0.166 e. The molecular weight excluding hydrogens is 332 g/mol. The summed E-state index contributed by atoms with van der Waals surface area (Å²) in [7, 11) is 0. The van der Waals surface area contributed by atoms with E-state index in [4.69, 9.17) is 5.10 Å². The first-order valence-electron chi connectivity index (χ1n) is 10.3. The predicted molar refractivity (Wildman–Crippen MR) is 111 cm³/mol. The summed E-state index contributed by atoms with van der Waals surface area (Å²) >= 11 is 0. The molecule has 1 heterocycles. The lowest BCUT2D eigenvalue weighted by atomic mass is 9.78. The van der Waals surface area contributed by atoms with Crippen LogP contribution in [0.3, 0.4) is 0 Å². The third-order valence-corrected chi connectivity index (χ3v) is 5.68. The van der Waals surface area contributed by atoms with Crippen molar-refractivity contribution in [3.63, 3.8) is 0 Å². The van der Waals surface area contributed by atoms with E-state index in [9.17, 15) is 4.79 Å². The lowest BCUT2D eigenvalue weighted by molar-refractivity contribution is 0.0931. The third-order valence-electron chi connectivity index (χ3n) is 5.68. The number of carbonyl (C=O) groups excluding carboxylic acids is 1. The van der Waals surface area contributed by atoms with Crippen LogP contribution < -0.4 is 0 Å². The van der Waals surface area contributed by atoms with Gasteiger partial charge in [-0.1, -0.05) is 59.7 Å². The number of aromatic nitrogens is 2. The van der Waals surface area contributed by atoms with E-state index in [1.807, 2.05) is 22.9 Å². The fourth-order valence-electron chi connectivity index (χ4n) is 4.52. The molecule has 3 nitrogen and oxygen atoms in total. The van der Waals surface area contributed by atoms with Gasteiger partial charge in [0.15, 0.2) is 5.78 Å². The number of fused-ring (bicyclic) bond motifs is 1. The SMILES string of the molecule is CC(Cc1nn(-c2ccccc2)c2c1C(=O)CC(C(C)C)C2)CC(C)(C)C. The van der Waals surface area contributed by atoms with Crippen molar-refractivity contribution in [2.75, 3.05) is 0 Å². The molecule has 3 heteroatoms. The maximum absolute atomic E-state index is 13.1. The molecule has 0 spiro atoms. The number of para-hydroxylation sites is 1. The van der Waals surface area contributed by atoms with Crippen molar-refractivity contribution in [1.29, 1.82) is 0 Å². The summed E-state index contributed by atoms with van der Waals surface area (Å²) in [6.45, 7) is 13.6. The Labute approximate surface area is 164 Å². The number of nitrogens with zero attached hydrogens (tertiary/aromatic N) is 2. The molecule has 0 aliphatic heterocycles. The molecular formula is C24H34N2O. The maximum atomic E-state index is 13.1. The van der Waals surface area contributed by atoms with Crippen LogP contribution in [-0.4, -0.2) is 15.6 Å². The van der Waals surface area contributed by atoms with Crippen molar-refractivity contribution in [1.82, 2.24) is 9.78 Å². The van der Waals surface area contributed by atoms with Crippen molar-refractivity contribution in [3.05, 3.63) is 47.3 Å². The van der Waals surface area contributed by atoms with Crippen LogP contribution in [0.1, 0.15) is 76.1 Å². The van der Waals surface area contributed by atoms with Crippen LogP contribution in [0.4, 0.5) is 0 Å². The number of hydrogen-bond acceptors (Lipinski definition) is 2. The van der Waals surface area contributed by atoms with E-state index in [2.05, 4.69) is 53.7 Å². The quantitative estimate of drug-likeness (QED) is 0.661. The number of benzene rings is 1. The van der Waals surface area contributed by atoms with Gasteiger partial charge in [-0.3, -0.25) is 4.79 Å². The lowest BCUT2D eigenvalue weighted by Crippen LogP contribution is -2.25. The Morgan fingerprint density at radius 1 is 1.11 bits per heavy atom. The van der Waals surface area contributed by atoms with Crippen LogP contribution in [0.25, 0.3) is 5.69 Å². The largest absolute Gasteiger partial charge is 0.294 e. The minimum absolute atomic E-state index is 0.286. The van der Waals surface area contributed by atoms with Gasteiger partial charge in [-0.15, -0.1) is 0 Å². The summed E-state index contributed by atoms with van der Waals surface area (Å²) in [4.78, 5) is 13.1. The second kappa shape index (κ2) is 7.61. The number of hydrogen-bond donors (Lipinski definition) is 0. The minimum atomic E-state index is 0.286. The molecule has 2 atom stereocenters. The summed E-state index contributed by atoms with van der Waals surface area (Å²) < 4.78 is 2.04. The number of Topliss-reactive ketones (excluding diaryl/α,β-unsaturated/α-hetero) is 1. The normalized spacial score (nSPS) is 18.6. The smallest absolute Gasteiger partial charge is 0.166 e. The summed E-state index contributed by atoms with van der Waals surface area (Å²) in [5.74, 6) is 1.70. The topological polar surface area (TPSA) is 34.9 Å². The highest BCUT2D eigenvalue weighted by atomic mass is 16.1. The highest BCUT2D eigenvalue weighted by Gasteiger charge is 2.34. The number of carbonyl (C=O) groups is 1. The van der Waals surface area contributed by atoms with Gasteiger partial charge in [-0.25, -0.2) is 4.68 Å². The summed E-state index contributed by atoms with van der Waals surface area (Å²) in [6.07, 6.45) is 3.60. The van der Waals surface area contributed by atoms with E-state index in [-0.39, 0.29) is 11.2 Å². The van der Waals surface area contributed by atoms with Crippen LogP contribution in [-0.2, 0) is 12.8 Å². The molecule has 0 saturated carbocycles. The molecule has 0 fully saturated rings. The van der Waals surface area contributed by atoms with Crippen LogP contribution >= 0.6 is 0 Å². The number of rotatable bonds is 5. The average molecular weight is 367 g/mol. The zero-order chi connectivity index (χ0) is 19.8. The van der Waals surface area contributed by atoms with Gasteiger partial charge in [-0.05, 0) is 54.6 Å². The van der Waals surface area contributed by atoms with Crippen molar-refractivity contribution in [3.8, 4) is 5.69 Å². The van der Waals surface area contributed by atoms with Gasteiger partial charge in [0.1, 0.15) is 0 Å².